The Bertz CT molecular complexity index is 684. The zero-order valence-electron chi connectivity index (χ0n) is 14.4. The predicted molar refractivity (Wildman–Crippen MR) is 100 cm³/mol. The summed E-state index contributed by atoms with van der Waals surface area (Å²) in [6, 6.07) is 5.96. The molecule has 6 nitrogen and oxygen atoms in total. The molecule has 142 valence electrons. The van der Waals surface area contributed by atoms with Crippen LogP contribution >= 0.6 is 7.82 Å². The molecule has 4 rings (SSSR count). The molecule has 0 bridgehead atoms. The van der Waals surface area contributed by atoms with Crippen LogP contribution in [-0.4, -0.2) is 60.6 Å². The summed E-state index contributed by atoms with van der Waals surface area (Å²) >= 11 is 0. The third kappa shape index (κ3) is 4.56. The molecule has 3 aliphatic rings. The molecule has 0 aliphatic heterocycles. The van der Waals surface area contributed by atoms with Crippen LogP contribution in [0.1, 0.15) is 56.1 Å². The number of phenolic OH excluding ortho intramolecular Hbond substituents is 1. The second-order valence-electron chi connectivity index (χ2n) is 7.95. The normalized spacial score (nSPS) is 35.1. The fourth-order valence-corrected chi connectivity index (χ4v) is 5.54. The number of aliphatic hydroxyl groups is 1. The molecular weight excluding hydrogens is 366 g/mol. The number of aliphatic hydroxyl groups excluding tert-OH is 1. The molecule has 2 fully saturated rings. The number of aromatic hydroxyl groups is 1. The molecule has 0 unspecified atom stereocenters. The van der Waals surface area contributed by atoms with Crippen LogP contribution in [0, 0.1) is 17.3 Å². The number of hydrogen-bond donors (Lipinski definition) is 5. The summed E-state index contributed by atoms with van der Waals surface area (Å²) in [6.07, 6.45) is 6.78. The zero-order chi connectivity index (χ0) is 18.4. The molecule has 8 heteroatoms. The molecule has 0 heterocycles. The van der Waals surface area contributed by atoms with Crippen molar-refractivity contribution in [2.24, 2.45) is 17.3 Å². The Morgan fingerprint density at radius 1 is 1.12 bits per heavy atom. The van der Waals surface area contributed by atoms with Crippen molar-refractivity contribution in [2.75, 3.05) is 0 Å². The van der Waals surface area contributed by atoms with Crippen LogP contribution in [0.15, 0.2) is 18.2 Å². The van der Waals surface area contributed by atoms with Crippen LogP contribution in [0.3, 0.4) is 0 Å². The van der Waals surface area contributed by atoms with Crippen LogP contribution < -0.4 is 0 Å². The van der Waals surface area contributed by atoms with Gasteiger partial charge in [-0.05, 0) is 85.0 Å². The van der Waals surface area contributed by atoms with Gasteiger partial charge in [0.15, 0.2) is 0 Å². The summed E-state index contributed by atoms with van der Waals surface area (Å²) in [7, 11) is -4.64. The van der Waals surface area contributed by atoms with Crippen molar-refractivity contribution in [2.45, 2.75) is 57.5 Å². The maximum absolute atomic E-state index is 10.4. The van der Waals surface area contributed by atoms with Crippen molar-refractivity contribution in [3.63, 3.8) is 0 Å². The number of phosphoric acid groups is 1. The van der Waals surface area contributed by atoms with Crippen LogP contribution in [0.25, 0.3) is 0 Å². The van der Waals surface area contributed by atoms with Gasteiger partial charge in [-0.25, -0.2) is 4.57 Å². The van der Waals surface area contributed by atoms with Gasteiger partial charge in [-0.15, -0.1) is 0 Å². The van der Waals surface area contributed by atoms with Gasteiger partial charge in [-0.2, -0.15) is 0 Å². The van der Waals surface area contributed by atoms with E-state index in [0.29, 0.717) is 17.6 Å². The Labute approximate surface area is 176 Å². The SMILES string of the molecule is C[C@]12CC[C@@H]3c4ccc(O)cc4CC[C@H]3[C@@H]1CC[C@@H]2O.O=P(O)(O)O.[NaH]. The topological polar surface area (TPSA) is 118 Å². The first-order valence-electron chi connectivity index (χ1n) is 8.88. The minimum absolute atomic E-state index is 0. The van der Waals surface area contributed by atoms with Crippen LogP contribution in [0.5, 0.6) is 5.75 Å². The first kappa shape index (κ1) is 22.4. The summed E-state index contributed by atoms with van der Waals surface area (Å²) in [5.41, 5.74) is 2.99. The van der Waals surface area contributed by atoms with Crippen molar-refractivity contribution in [1.29, 1.82) is 0 Å². The van der Waals surface area contributed by atoms with Crippen molar-refractivity contribution in [3.8, 4) is 5.75 Å². The van der Waals surface area contributed by atoms with E-state index in [9.17, 15) is 10.2 Å². The Morgan fingerprint density at radius 2 is 1.77 bits per heavy atom. The number of rotatable bonds is 0. The standard InChI is InChI=1S/C18H24O2.Na.H3O4P.H/c1-18-9-8-14-13-5-3-12(19)10-11(13)2-4-15(14)16(18)6-7-17(18)20;;1-5(2,3)4;/h3,5,10,14-17,19-20H,2,4,6-9H2,1H3;;(H3,1,2,3,4);/t14-,15-,16+,17+,18+;;;/m1.../s1. The fourth-order valence-electron chi connectivity index (χ4n) is 5.54. The Balaban J connectivity index is 0.000000362. The molecule has 5 N–H and O–H groups in total. The average Bonchev–Trinajstić information content (AvgIpc) is 2.81. The van der Waals surface area contributed by atoms with E-state index in [1.54, 1.807) is 0 Å². The first-order valence-corrected chi connectivity index (χ1v) is 10.4. The summed E-state index contributed by atoms with van der Waals surface area (Å²) in [6.45, 7) is 2.32. The van der Waals surface area contributed by atoms with Gasteiger partial charge in [0.25, 0.3) is 0 Å². The van der Waals surface area contributed by atoms with Crippen molar-refractivity contribution < 1.29 is 29.5 Å². The van der Waals surface area contributed by atoms with E-state index >= 15 is 0 Å². The molecule has 26 heavy (non-hydrogen) atoms. The molecule has 1 aromatic rings. The summed E-state index contributed by atoms with van der Waals surface area (Å²) in [5.74, 6) is 2.49. The Morgan fingerprint density at radius 3 is 2.42 bits per heavy atom. The van der Waals surface area contributed by atoms with Gasteiger partial charge in [-0.3, -0.25) is 0 Å². The zero-order valence-corrected chi connectivity index (χ0v) is 15.3. The average molecular weight is 394 g/mol. The molecule has 0 amide bonds. The summed E-state index contributed by atoms with van der Waals surface area (Å²) < 4.78 is 8.88. The quantitative estimate of drug-likeness (QED) is 0.339. The molecule has 0 radical (unpaired) electrons. The number of phenols is 1. The van der Waals surface area contributed by atoms with Gasteiger partial charge in [0.05, 0.1) is 6.10 Å². The fraction of sp³-hybridized carbons (Fsp3) is 0.667. The van der Waals surface area contributed by atoms with Gasteiger partial charge in [-0.1, -0.05) is 13.0 Å². The second-order valence-corrected chi connectivity index (χ2v) is 8.98. The van der Waals surface area contributed by atoms with Crippen molar-refractivity contribution in [3.05, 3.63) is 29.3 Å². The molecule has 0 aromatic heterocycles. The second kappa shape index (κ2) is 8.22. The molecular formula is C18H28NaO6P. The van der Waals surface area contributed by atoms with Crippen molar-refractivity contribution in [1.82, 2.24) is 0 Å². The van der Waals surface area contributed by atoms with E-state index in [2.05, 4.69) is 13.0 Å². The van der Waals surface area contributed by atoms with Gasteiger partial charge < -0.3 is 24.9 Å². The number of hydrogen-bond acceptors (Lipinski definition) is 3. The van der Waals surface area contributed by atoms with Crippen LogP contribution in [0.4, 0.5) is 0 Å². The summed E-state index contributed by atoms with van der Waals surface area (Å²) in [5, 5.41) is 20.0. The van der Waals surface area contributed by atoms with Gasteiger partial charge in [0.2, 0.25) is 0 Å². The van der Waals surface area contributed by atoms with Crippen molar-refractivity contribution >= 4 is 37.4 Å². The molecule has 0 saturated heterocycles. The van der Waals surface area contributed by atoms with E-state index in [1.807, 2.05) is 12.1 Å². The molecule has 2 saturated carbocycles. The molecule has 1 aromatic carbocycles. The monoisotopic (exact) mass is 394 g/mol. The van der Waals surface area contributed by atoms with E-state index in [1.165, 1.54) is 30.4 Å². The minimum atomic E-state index is -4.64. The third-order valence-electron chi connectivity index (χ3n) is 6.66. The van der Waals surface area contributed by atoms with Gasteiger partial charge in [0.1, 0.15) is 5.75 Å². The number of benzene rings is 1. The van der Waals surface area contributed by atoms with Gasteiger partial charge >= 0.3 is 37.4 Å². The third-order valence-corrected chi connectivity index (χ3v) is 6.66. The van der Waals surface area contributed by atoms with E-state index in [0.717, 1.165) is 25.2 Å². The van der Waals surface area contributed by atoms with E-state index < -0.39 is 7.82 Å². The maximum atomic E-state index is 10.4. The number of aryl methyl sites for hydroxylation is 1. The Kier molecular flexibility index (Phi) is 7.07. The predicted octanol–water partition coefficient (Wildman–Crippen LogP) is 2.03. The van der Waals surface area contributed by atoms with E-state index in [-0.39, 0.29) is 41.1 Å². The van der Waals surface area contributed by atoms with E-state index in [4.69, 9.17) is 19.2 Å². The van der Waals surface area contributed by atoms with Gasteiger partial charge in [0, 0.05) is 0 Å². The first-order chi connectivity index (χ1) is 11.6. The van der Waals surface area contributed by atoms with Crippen LogP contribution in [-0.2, 0) is 11.0 Å². The molecule has 0 spiro atoms. The number of fused-ring (bicyclic) bond motifs is 5. The Hall–Kier alpha value is 0.0900. The molecule has 3 aliphatic carbocycles. The molecule has 5 atom stereocenters. The summed E-state index contributed by atoms with van der Waals surface area (Å²) in [4.78, 5) is 21.6. The van der Waals surface area contributed by atoms with Crippen LogP contribution in [0.2, 0.25) is 0 Å².